The number of allylic oxidation sites excluding steroid dienone is 12. The molecule has 6 aromatic carbocycles. The van der Waals surface area contributed by atoms with Gasteiger partial charge in [-0.2, -0.15) is 0 Å². The molecule has 0 aromatic heterocycles. The Kier molecular flexibility index (Phi) is 6.88. The molecule has 0 radical (unpaired) electrons. The van der Waals surface area contributed by atoms with Gasteiger partial charge in [0.05, 0.1) is 0 Å². The van der Waals surface area contributed by atoms with Crippen molar-refractivity contribution < 1.29 is 0 Å². The molecule has 0 nitrogen and oxygen atoms in total. The van der Waals surface area contributed by atoms with E-state index in [4.69, 9.17) is 0 Å². The summed E-state index contributed by atoms with van der Waals surface area (Å²) in [6.45, 7) is 0. The first-order chi connectivity index (χ1) is 24.8. The van der Waals surface area contributed by atoms with Gasteiger partial charge in [0.15, 0.2) is 0 Å². The van der Waals surface area contributed by atoms with Gasteiger partial charge in [-0.3, -0.25) is 0 Å². The first-order valence-corrected chi connectivity index (χ1v) is 17.9. The Morgan fingerprint density at radius 3 is 1.58 bits per heavy atom. The summed E-state index contributed by atoms with van der Waals surface area (Å²) in [5.41, 5.74) is 10.6. The summed E-state index contributed by atoms with van der Waals surface area (Å²) in [5, 5.41) is 7.92. The molecule has 0 bridgehead atoms. The summed E-state index contributed by atoms with van der Waals surface area (Å²) in [7, 11) is 0. The Bertz CT molecular complexity index is 2600. The van der Waals surface area contributed by atoms with E-state index in [1.54, 1.807) is 0 Å². The van der Waals surface area contributed by atoms with E-state index in [-0.39, 0.29) is 11.8 Å². The third kappa shape index (κ3) is 4.60. The van der Waals surface area contributed by atoms with Crippen molar-refractivity contribution in [2.24, 2.45) is 23.7 Å². The van der Waals surface area contributed by atoms with Gasteiger partial charge in [0.2, 0.25) is 0 Å². The number of hydrogen-bond donors (Lipinski definition) is 0. The van der Waals surface area contributed by atoms with E-state index in [0.717, 1.165) is 0 Å². The second-order valence-electron chi connectivity index (χ2n) is 13.9. The lowest BCUT2D eigenvalue weighted by Crippen LogP contribution is -2.40. The molecule has 10 rings (SSSR count). The topological polar surface area (TPSA) is 0 Å². The van der Waals surface area contributed by atoms with Gasteiger partial charge < -0.3 is 0 Å². The van der Waals surface area contributed by atoms with Crippen LogP contribution in [0.2, 0.25) is 0 Å². The summed E-state index contributed by atoms with van der Waals surface area (Å²) in [6, 6.07) is 47.3. The Labute approximate surface area is 293 Å². The minimum absolute atomic E-state index is 0.191. The van der Waals surface area contributed by atoms with E-state index in [9.17, 15) is 0 Å². The molecule has 0 heterocycles. The quantitative estimate of drug-likeness (QED) is 0.169. The predicted octanol–water partition coefficient (Wildman–Crippen LogP) is 10.7. The van der Waals surface area contributed by atoms with Crippen molar-refractivity contribution in [1.29, 1.82) is 0 Å². The van der Waals surface area contributed by atoms with Crippen LogP contribution in [0.1, 0.15) is 16.7 Å². The molecule has 4 unspecified atom stereocenters. The minimum Gasteiger partial charge on any atom is -0.0767 e. The summed E-state index contributed by atoms with van der Waals surface area (Å²) in [4.78, 5) is 0. The van der Waals surface area contributed by atoms with Crippen molar-refractivity contribution in [1.82, 2.24) is 0 Å². The van der Waals surface area contributed by atoms with Gasteiger partial charge in [-0.05, 0) is 82.6 Å². The molecule has 0 saturated heterocycles. The van der Waals surface area contributed by atoms with Crippen LogP contribution < -0.4 is 10.4 Å². The maximum Gasteiger partial charge on any atom is 0.0138 e. The second kappa shape index (κ2) is 11.9. The maximum atomic E-state index is 2.48. The fourth-order valence-corrected chi connectivity index (χ4v) is 8.99. The fourth-order valence-electron chi connectivity index (χ4n) is 8.99. The third-order valence-electron chi connectivity index (χ3n) is 11.2. The van der Waals surface area contributed by atoms with Crippen molar-refractivity contribution in [3.8, 4) is 11.1 Å². The zero-order valence-corrected chi connectivity index (χ0v) is 27.8. The molecule has 50 heavy (non-hydrogen) atoms. The molecule has 0 amide bonds. The predicted molar refractivity (Wildman–Crippen MR) is 212 cm³/mol. The van der Waals surface area contributed by atoms with Gasteiger partial charge in [-0.25, -0.2) is 0 Å². The molecule has 0 saturated carbocycles. The van der Waals surface area contributed by atoms with Crippen LogP contribution in [-0.4, -0.2) is 0 Å². The second-order valence-corrected chi connectivity index (χ2v) is 13.9. The van der Waals surface area contributed by atoms with Crippen LogP contribution >= 0.6 is 0 Å². The highest BCUT2D eigenvalue weighted by atomic mass is 14.4. The van der Waals surface area contributed by atoms with Gasteiger partial charge in [0, 0.05) is 23.7 Å². The maximum absolute atomic E-state index is 2.48. The van der Waals surface area contributed by atoms with E-state index < -0.39 is 0 Å². The van der Waals surface area contributed by atoms with Crippen molar-refractivity contribution in [3.05, 3.63) is 221 Å². The molecule has 0 N–H and O–H groups in total. The first kappa shape index (κ1) is 29.0. The van der Waals surface area contributed by atoms with Gasteiger partial charge in [-0.1, -0.05) is 188 Å². The molecule has 4 aliphatic rings. The standard InChI is InChI=1S/C50H36/c1-2-15-33(16-3-1)36-19-14-20-37(31-36)47-39-21-6-10-25-43(39)49(44-26-11-7-22-40(44)47)50-45-27-12-8-23-41(45)48(42-24-9-13-28-46(42)50)38-30-29-34-17-4-5-18-35(34)32-38/h1-32,34-35,39,43H. The van der Waals surface area contributed by atoms with Crippen LogP contribution in [0.3, 0.4) is 0 Å². The molecule has 0 fully saturated rings. The van der Waals surface area contributed by atoms with Crippen LogP contribution in [-0.2, 0) is 0 Å². The lowest BCUT2D eigenvalue weighted by Gasteiger charge is -2.34. The Morgan fingerprint density at radius 1 is 0.360 bits per heavy atom. The van der Waals surface area contributed by atoms with Gasteiger partial charge in [-0.15, -0.1) is 0 Å². The van der Waals surface area contributed by atoms with Gasteiger partial charge >= 0.3 is 0 Å². The monoisotopic (exact) mass is 636 g/mol. The normalized spacial score (nSPS) is 21.6. The van der Waals surface area contributed by atoms with Gasteiger partial charge in [0.25, 0.3) is 0 Å². The average molecular weight is 637 g/mol. The Balaban J connectivity index is 1.29. The smallest absolute Gasteiger partial charge is 0.0138 e. The fraction of sp³-hybridized carbons (Fsp3) is 0.0800. The highest BCUT2D eigenvalue weighted by Gasteiger charge is 2.34. The lowest BCUT2D eigenvalue weighted by molar-refractivity contribution is 0.663. The SMILES string of the molecule is C1=CC2C=CC(c3c4ccccc4c(C4=c5ccccc5=C(c5cccc(-c6ccccc6)c5)C5C=CC=CC45)c4ccccc34)=CC2C=C1. The first-order valence-electron chi connectivity index (χ1n) is 17.9. The molecule has 6 aromatic rings. The molecule has 0 spiro atoms. The van der Waals surface area contributed by atoms with E-state index in [1.165, 1.54) is 76.5 Å². The summed E-state index contributed by atoms with van der Waals surface area (Å²) >= 11 is 0. The highest BCUT2D eigenvalue weighted by molar-refractivity contribution is 6.17. The Hall–Kier alpha value is -5.98. The molecule has 4 aliphatic carbocycles. The molecule has 236 valence electrons. The van der Waals surface area contributed by atoms with Crippen LogP contribution in [0.4, 0.5) is 0 Å². The van der Waals surface area contributed by atoms with E-state index in [1.807, 2.05) is 0 Å². The summed E-state index contributed by atoms with van der Waals surface area (Å²) < 4.78 is 0. The van der Waals surface area contributed by atoms with Crippen LogP contribution in [0, 0.1) is 23.7 Å². The zero-order valence-electron chi connectivity index (χ0n) is 27.8. The molecule has 0 aliphatic heterocycles. The summed E-state index contributed by atoms with van der Waals surface area (Å²) in [5.74, 6) is 1.21. The molecule has 0 heteroatoms. The average Bonchev–Trinajstić information content (AvgIpc) is 3.19. The van der Waals surface area contributed by atoms with Crippen molar-refractivity contribution >= 4 is 38.3 Å². The third-order valence-corrected chi connectivity index (χ3v) is 11.2. The number of benzene rings is 6. The van der Waals surface area contributed by atoms with Crippen molar-refractivity contribution in [3.63, 3.8) is 0 Å². The van der Waals surface area contributed by atoms with E-state index >= 15 is 0 Å². The molecular formula is C50H36. The molecule has 4 atom stereocenters. The zero-order chi connectivity index (χ0) is 33.0. The van der Waals surface area contributed by atoms with E-state index in [2.05, 4.69) is 194 Å². The number of hydrogen-bond acceptors (Lipinski definition) is 0. The van der Waals surface area contributed by atoms with Crippen molar-refractivity contribution in [2.75, 3.05) is 0 Å². The Morgan fingerprint density at radius 2 is 0.880 bits per heavy atom. The van der Waals surface area contributed by atoms with Crippen LogP contribution in [0.5, 0.6) is 0 Å². The number of rotatable bonds is 4. The highest BCUT2D eigenvalue weighted by Crippen LogP contribution is 2.47. The molecular weight excluding hydrogens is 601 g/mol. The van der Waals surface area contributed by atoms with Crippen LogP contribution in [0.15, 0.2) is 194 Å². The number of fused-ring (bicyclic) bond motifs is 5. The minimum atomic E-state index is 0.191. The largest absolute Gasteiger partial charge is 0.0767 e. The van der Waals surface area contributed by atoms with Crippen LogP contribution in [0.25, 0.3) is 49.4 Å². The lowest BCUT2D eigenvalue weighted by atomic mass is 9.68. The summed E-state index contributed by atoms with van der Waals surface area (Å²) in [6.07, 6.45) is 25.6. The van der Waals surface area contributed by atoms with Crippen molar-refractivity contribution in [2.45, 2.75) is 0 Å². The van der Waals surface area contributed by atoms with E-state index in [0.29, 0.717) is 11.8 Å². The van der Waals surface area contributed by atoms with Gasteiger partial charge in [0.1, 0.15) is 0 Å².